The smallest absolute Gasteiger partial charge is 0.337 e. The summed E-state index contributed by atoms with van der Waals surface area (Å²) in [5.41, 5.74) is -0.485. The first-order valence-corrected chi connectivity index (χ1v) is 3.42. The summed E-state index contributed by atoms with van der Waals surface area (Å²) >= 11 is 0. The van der Waals surface area contributed by atoms with Crippen molar-refractivity contribution < 1.29 is 19.1 Å². The number of aromatic nitrogens is 1. The molecule has 0 aliphatic rings. The molecule has 0 radical (unpaired) electrons. The zero-order valence-corrected chi connectivity index (χ0v) is 6.74. The van der Waals surface area contributed by atoms with E-state index in [0.717, 1.165) is 6.07 Å². The summed E-state index contributed by atoms with van der Waals surface area (Å²) in [4.78, 5) is 24.2. The molecule has 0 fully saturated rings. The fourth-order valence-electron chi connectivity index (χ4n) is 0.899. The van der Waals surface area contributed by atoms with Gasteiger partial charge in [0, 0.05) is 0 Å². The Labute approximate surface area is 73.0 Å². The third-order valence-electron chi connectivity index (χ3n) is 1.54. The summed E-state index contributed by atoms with van der Waals surface area (Å²) in [5, 5.41) is 8.56. The molecule has 0 spiro atoms. The van der Waals surface area contributed by atoms with Crippen LogP contribution in [0, 0.1) is 12.7 Å². The molecule has 1 aromatic rings. The van der Waals surface area contributed by atoms with Crippen molar-refractivity contribution in [2.24, 2.45) is 0 Å². The Hall–Kier alpha value is -1.78. The SMILES string of the molecule is Cc1nc(C=O)c(F)cc1C(=O)O. The summed E-state index contributed by atoms with van der Waals surface area (Å²) in [5.74, 6) is -2.18. The molecule has 0 aliphatic heterocycles. The van der Waals surface area contributed by atoms with E-state index in [-0.39, 0.29) is 23.2 Å². The van der Waals surface area contributed by atoms with Gasteiger partial charge in [-0.05, 0) is 13.0 Å². The number of carboxylic acid groups (broad SMARTS) is 1. The molecule has 0 amide bonds. The highest BCUT2D eigenvalue weighted by molar-refractivity contribution is 5.89. The maximum Gasteiger partial charge on any atom is 0.337 e. The Kier molecular flexibility index (Phi) is 2.36. The molecule has 0 saturated carbocycles. The number of pyridine rings is 1. The number of carbonyl (C=O) groups excluding carboxylic acids is 1. The fourth-order valence-corrected chi connectivity index (χ4v) is 0.899. The number of carbonyl (C=O) groups is 2. The van der Waals surface area contributed by atoms with E-state index in [1.54, 1.807) is 0 Å². The van der Waals surface area contributed by atoms with E-state index >= 15 is 0 Å². The largest absolute Gasteiger partial charge is 0.478 e. The zero-order chi connectivity index (χ0) is 10.0. The molecular formula is C8H6FNO3. The number of hydrogen-bond acceptors (Lipinski definition) is 3. The molecule has 4 nitrogen and oxygen atoms in total. The molecule has 5 heteroatoms. The Morgan fingerprint density at radius 3 is 2.77 bits per heavy atom. The Morgan fingerprint density at radius 1 is 1.69 bits per heavy atom. The number of halogens is 1. The highest BCUT2D eigenvalue weighted by Crippen LogP contribution is 2.10. The molecule has 1 N–H and O–H groups in total. The standard InChI is InChI=1S/C8H6FNO3/c1-4-5(8(12)13)2-6(9)7(3-11)10-4/h2-3H,1H3,(H,12,13). The van der Waals surface area contributed by atoms with Crippen molar-refractivity contribution in [3.8, 4) is 0 Å². The second-order valence-electron chi connectivity index (χ2n) is 2.41. The average molecular weight is 183 g/mol. The minimum atomic E-state index is -1.26. The predicted octanol–water partition coefficient (Wildman–Crippen LogP) is 1.04. The molecule has 0 aromatic carbocycles. The minimum absolute atomic E-state index is 0.121. The second kappa shape index (κ2) is 3.30. The van der Waals surface area contributed by atoms with E-state index in [2.05, 4.69) is 4.98 Å². The van der Waals surface area contributed by atoms with Gasteiger partial charge in [-0.2, -0.15) is 0 Å². The van der Waals surface area contributed by atoms with Crippen LogP contribution in [0.2, 0.25) is 0 Å². The molecule has 0 saturated heterocycles. The molecule has 0 unspecified atom stereocenters. The van der Waals surface area contributed by atoms with Gasteiger partial charge in [0.25, 0.3) is 0 Å². The van der Waals surface area contributed by atoms with Crippen LogP contribution in [-0.4, -0.2) is 22.3 Å². The summed E-state index contributed by atoms with van der Waals surface area (Å²) in [7, 11) is 0. The van der Waals surface area contributed by atoms with Crippen molar-refractivity contribution in [1.82, 2.24) is 4.98 Å². The van der Waals surface area contributed by atoms with Crippen LogP contribution in [0.1, 0.15) is 26.5 Å². The van der Waals surface area contributed by atoms with E-state index < -0.39 is 11.8 Å². The number of hydrogen-bond donors (Lipinski definition) is 1. The van der Waals surface area contributed by atoms with Crippen LogP contribution in [0.25, 0.3) is 0 Å². The van der Waals surface area contributed by atoms with Crippen molar-refractivity contribution in [3.05, 3.63) is 28.8 Å². The van der Waals surface area contributed by atoms with Gasteiger partial charge < -0.3 is 5.11 Å². The number of nitrogens with zero attached hydrogens (tertiary/aromatic N) is 1. The van der Waals surface area contributed by atoms with E-state index in [1.165, 1.54) is 6.92 Å². The summed E-state index contributed by atoms with van der Waals surface area (Å²) in [6.45, 7) is 1.40. The fraction of sp³-hybridized carbons (Fsp3) is 0.125. The number of aromatic carboxylic acids is 1. The van der Waals surface area contributed by atoms with Gasteiger partial charge in [-0.25, -0.2) is 14.2 Å². The van der Waals surface area contributed by atoms with Crippen molar-refractivity contribution in [2.75, 3.05) is 0 Å². The summed E-state index contributed by atoms with van der Waals surface area (Å²) in [6, 6.07) is 0.786. The lowest BCUT2D eigenvalue weighted by Crippen LogP contribution is -2.06. The van der Waals surface area contributed by atoms with Crippen molar-refractivity contribution in [3.63, 3.8) is 0 Å². The maximum atomic E-state index is 12.8. The van der Waals surface area contributed by atoms with Gasteiger partial charge in [0.05, 0.1) is 11.3 Å². The van der Waals surface area contributed by atoms with Gasteiger partial charge >= 0.3 is 5.97 Å². The number of aldehydes is 1. The average Bonchev–Trinajstić information content (AvgIpc) is 2.07. The molecule has 0 bridgehead atoms. The Morgan fingerprint density at radius 2 is 2.31 bits per heavy atom. The van der Waals surface area contributed by atoms with Crippen LogP contribution in [0.3, 0.4) is 0 Å². The quantitative estimate of drug-likeness (QED) is 0.695. The lowest BCUT2D eigenvalue weighted by molar-refractivity contribution is 0.0694. The first-order chi connectivity index (χ1) is 6.06. The van der Waals surface area contributed by atoms with Gasteiger partial charge in [0.1, 0.15) is 5.69 Å². The van der Waals surface area contributed by atoms with Gasteiger partial charge in [-0.1, -0.05) is 0 Å². The van der Waals surface area contributed by atoms with Crippen LogP contribution >= 0.6 is 0 Å². The van der Waals surface area contributed by atoms with Crippen molar-refractivity contribution in [1.29, 1.82) is 0 Å². The number of aryl methyl sites for hydroxylation is 1. The second-order valence-corrected chi connectivity index (χ2v) is 2.41. The van der Waals surface area contributed by atoms with Gasteiger partial charge in [-0.15, -0.1) is 0 Å². The van der Waals surface area contributed by atoms with E-state index in [0.29, 0.717) is 0 Å². The number of carboxylic acids is 1. The maximum absolute atomic E-state index is 12.8. The van der Waals surface area contributed by atoms with Crippen molar-refractivity contribution in [2.45, 2.75) is 6.92 Å². The number of rotatable bonds is 2. The molecule has 1 rings (SSSR count). The predicted molar refractivity (Wildman–Crippen MR) is 41.3 cm³/mol. The van der Waals surface area contributed by atoms with Crippen LogP contribution in [0.15, 0.2) is 6.07 Å². The topological polar surface area (TPSA) is 67.3 Å². The van der Waals surface area contributed by atoms with Gasteiger partial charge in [-0.3, -0.25) is 4.79 Å². The highest BCUT2D eigenvalue weighted by atomic mass is 19.1. The normalized spacial score (nSPS) is 9.69. The van der Waals surface area contributed by atoms with Crippen LogP contribution < -0.4 is 0 Å². The Balaban J connectivity index is 3.36. The molecular weight excluding hydrogens is 177 g/mol. The summed E-state index contributed by atoms with van der Waals surface area (Å²) in [6.07, 6.45) is 0.244. The molecule has 13 heavy (non-hydrogen) atoms. The minimum Gasteiger partial charge on any atom is -0.478 e. The molecule has 0 aliphatic carbocycles. The molecule has 1 heterocycles. The zero-order valence-electron chi connectivity index (χ0n) is 6.74. The first-order valence-electron chi connectivity index (χ1n) is 3.42. The molecule has 1 aromatic heterocycles. The van der Waals surface area contributed by atoms with Gasteiger partial charge in [0.2, 0.25) is 0 Å². The highest BCUT2D eigenvalue weighted by Gasteiger charge is 2.12. The van der Waals surface area contributed by atoms with Gasteiger partial charge in [0.15, 0.2) is 12.1 Å². The van der Waals surface area contributed by atoms with Crippen molar-refractivity contribution >= 4 is 12.3 Å². The third-order valence-corrected chi connectivity index (χ3v) is 1.54. The monoisotopic (exact) mass is 183 g/mol. The summed E-state index contributed by atoms with van der Waals surface area (Å²) < 4.78 is 12.8. The lowest BCUT2D eigenvalue weighted by Gasteiger charge is -2.00. The van der Waals surface area contributed by atoms with E-state index in [1.807, 2.05) is 0 Å². The first kappa shape index (κ1) is 9.31. The Bertz CT molecular complexity index is 376. The third kappa shape index (κ3) is 1.69. The molecule has 68 valence electrons. The lowest BCUT2D eigenvalue weighted by atomic mass is 10.2. The van der Waals surface area contributed by atoms with E-state index in [4.69, 9.17) is 5.11 Å². The van der Waals surface area contributed by atoms with Crippen LogP contribution in [0.5, 0.6) is 0 Å². The van der Waals surface area contributed by atoms with Crippen LogP contribution in [0.4, 0.5) is 4.39 Å². The molecule has 0 atom stereocenters. The van der Waals surface area contributed by atoms with Crippen LogP contribution in [-0.2, 0) is 0 Å². The van der Waals surface area contributed by atoms with E-state index in [9.17, 15) is 14.0 Å².